The number of carbonyl (C=O) groups is 1. The molecule has 100 valence electrons. The Balaban J connectivity index is 2.80. The zero-order valence-corrected chi connectivity index (χ0v) is 10.9. The molecular weight excluding hydrogens is 231 g/mol. The molecule has 0 fully saturated rings. The van der Waals surface area contributed by atoms with E-state index in [-0.39, 0.29) is 11.7 Å². The van der Waals surface area contributed by atoms with Gasteiger partial charge in [0.2, 0.25) is 5.91 Å². The summed E-state index contributed by atoms with van der Waals surface area (Å²) in [5, 5.41) is 0. The number of nitrogens with two attached hydrogens (primary N) is 1. The largest absolute Gasteiger partial charge is 0.330 e. The lowest BCUT2D eigenvalue weighted by molar-refractivity contribution is -0.118. The molecule has 18 heavy (non-hydrogen) atoms. The van der Waals surface area contributed by atoms with Crippen LogP contribution in [0.4, 0.5) is 10.1 Å². The third kappa shape index (κ3) is 4.45. The normalized spacial score (nSPS) is 10.4. The van der Waals surface area contributed by atoms with Crippen molar-refractivity contribution >= 4 is 11.6 Å². The van der Waals surface area contributed by atoms with Crippen LogP contribution in [0.5, 0.6) is 0 Å². The second-order valence-corrected chi connectivity index (χ2v) is 4.27. The van der Waals surface area contributed by atoms with Gasteiger partial charge in [-0.3, -0.25) is 4.79 Å². The molecular formula is C14H21FN2O. The van der Waals surface area contributed by atoms with Crippen LogP contribution in [0.2, 0.25) is 0 Å². The van der Waals surface area contributed by atoms with Gasteiger partial charge < -0.3 is 10.6 Å². The molecule has 0 radical (unpaired) electrons. The molecule has 0 bridgehead atoms. The first kappa shape index (κ1) is 14.6. The summed E-state index contributed by atoms with van der Waals surface area (Å²) in [5.74, 6) is -0.288. The number of hydrogen-bond donors (Lipinski definition) is 1. The number of unbranched alkanes of at least 4 members (excludes halogenated alkanes) is 1. The first-order valence-electron chi connectivity index (χ1n) is 6.45. The SMILES string of the molecule is CCCCC(=O)N(CCCN)c1cccc(F)c1. The van der Waals surface area contributed by atoms with Crippen molar-refractivity contribution in [3.8, 4) is 0 Å². The first-order chi connectivity index (χ1) is 8.69. The van der Waals surface area contributed by atoms with E-state index in [0.29, 0.717) is 31.6 Å². The van der Waals surface area contributed by atoms with Crippen LogP contribution in [0, 0.1) is 5.82 Å². The van der Waals surface area contributed by atoms with Crippen LogP contribution in [-0.2, 0) is 4.79 Å². The third-order valence-corrected chi connectivity index (χ3v) is 2.75. The lowest BCUT2D eigenvalue weighted by Crippen LogP contribution is -2.32. The number of amides is 1. The summed E-state index contributed by atoms with van der Waals surface area (Å²) < 4.78 is 13.2. The Morgan fingerprint density at radius 1 is 1.39 bits per heavy atom. The molecule has 3 nitrogen and oxygen atoms in total. The van der Waals surface area contributed by atoms with Crippen molar-refractivity contribution in [2.24, 2.45) is 5.73 Å². The van der Waals surface area contributed by atoms with Gasteiger partial charge in [-0.2, -0.15) is 0 Å². The molecule has 0 aliphatic carbocycles. The number of anilines is 1. The molecule has 0 aromatic heterocycles. The topological polar surface area (TPSA) is 46.3 Å². The van der Waals surface area contributed by atoms with Crippen LogP contribution >= 0.6 is 0 Å². The van der Waals surface area contributed by atoms with E-state index >= 15 is 0 Å². The van der Waals surface area contributed by atoms with Crippen LogP contribution in [0.1, 0.15) is 32.6 Å². The summed E-state index contributed by atoms with van der Waals surface area (Å²) in [5.41, 5.74) is 6.09. The van der Waals surface area contributed by atoms with Crippen LogP contribution in [0.3, 0.4) is 0 Å². The monoisotopic (exact) mass is 252 g/mol. The summed E-state index contributed by atoms with van der Waals surface area (Å²) in [6, 6.07) is 6.14. The van der Waals surface area contributed by atoms with Gasteiger partial charge in [0.1, 0.15) is 5.82 Å². The summed E-state index contributed by atoms with van der Waals surface area (Å²) in [7, 11) is 0. The number of benzene rings is 1. The standard InChI is InChI=1S/C14H21FN2O/c1-2-3-8-14(18)17(10-5-9-16)13-7-4-6-12(15)11-13/h4,6-7,11H,2-3,5,8-10,16H2,1H3. The molecule has 1 rings (SSSR count). The van der Waals surface area contributed by atoms with Crippen LogP contribution in [0.15, 0.2) is 24.3 Å². The van der Waals surface area contributed by atoms with Crippen LogP contribution in [-0.4, -0.2) is 19.0 Å². The smallest absolute Gasteiger partial charge is 0.226 e. The Morgan fingerprint density at radius 3 is 2.78 bits per heavy atom. The molecule has 2 N–H and O–H groups in total. The van der Waals surface area contributed by atoms with Crippen molar-refractivity contribution < 1.29 is 9.18 Å². The lowest BCUT2D eigenvalue weighted by atomic mass is 10.2. The fourth-order valence-corrected chi connectivity index (χ4v) is 1.75. The molecule has 0 atom stereocenters. The summed E-state index contributed by atoms with van der Waals surface area (Å²) in [6.07, 6.45) is 3.04. The second-order valence-electron chi connectivity index (χ2n) is 4.27. The van der Waals surface area contributed by atoms with Crippen LogP contribution in [0.25, 0.3) is 0 Å². The second kappa shape index (κ2) is 7.82. The van der Waals surface area contributed by atoms with E-state index in [9.17, 15) is 9.18 Å². The molecule has 1 aromatic carbocycles. The Kier molecular flexibility index (Phi) is 6.36. The molecule has 0 aliphatic rings. The van der Waals surface area contributed by atoms with Gasteiger partial charge in [-0.1, -0.05) is 19.4 Å². The predicted molar refractivity (Wildman–Crippen MR) is 71.9 cm³/mol. The van der Waals surface area contributed by atoms with Gasteiger partial charge in [0, 0.05) is 18.7 Å². The Labute approximate surface area is 108 Å². The highest BCUT2D eigenvalue weighted by Gasteiger charge is 2.14. The minimum absolute atomic E-state index is 0.0379. The minimum atomic E-state index is -0.325. The molecule has 0 saturated heterocycles. The summed E-state index contributed by atoms with van der Waals surface area (Å²) in [6.45, 7) is 3.11. The van der Waals surface area contributed by atoms with E-state index in [4.69, 9.17) is 5.73 Å². The Morgan fingerprint density at radius 2 is 2.17 bits per heavy atom. The van der Waals surface area contributed by atoms with E-state index < -0.39 is 0 Å². The van der Waals surface area contributed by atoms with E-state index in [1.165, 1.54) is 12.1 Å². The average molecular weight is 252 g/mol. The van der Waals surface area contributed by atoms with Crippen molar-refractivity contribution in [1.82, 2.24) is 0 Å². The van der Waals surface area contributed by atoms with Crippen molar-refractivity contribution in [1.29, 1.82) is 0 Å². The van der Waals surface area contributed by atoms with Gasteiger partial charge in [-0.05, 0) is 37.6 Å². The maximum absolute atomic E-state index is 13.2. The van der Waals surface area contributed by atoms with Gasteiger partial charge in [0.05, 0.1) is 0 Å². The lowest BCUT2D eigenvalue weighted by Gasteiger charge is -2.22. The van der Waals surface area contributed by atoms with E-state index in [0.717, 1.165) is 12.8 Å². The zero-order valence-electron chi connectivity index (χ0n) is 10.9. The van der Waals surface area contributed by atoms with Gasteiger partial charge in [0.15, 0.2) is 0 Å². The molecule has 0 heterocycles. The number of rotatable bonds is 7. The molecule has 0 saturated carbocycles. The first-order valence-corrected chi connectivity index (χ1v) is 6.45. The van der Waals surface area contributed by atoms with Crippen molar-refractivity contribution in [3.63, 3.8) is 0 Å². The molecule has 0 unspecified atom stereocenters. The van der Waals surface area contributed by atoms with E-state index in [1.54, 1.807) is 17.0 Å². The van der Waals surface area contributed by atoms with Gasteiger partial charge in [-0.25, -0.2) is 4.39 Å². The number of hydrogen-bond acceptors (Lipinski definition) is 2. The maximum Gasteiger partial charge on any atom is 0.226 e. The van der Waals surface area contributed by atoms with Gasteiger partial charge in [-0.15, -0.1) is 0 Å². The summed E-state index contributed by atoms with van der Waals surface area (Å²) >= 11 is 0. The highest BCUT2D eigenvalue weighted by Crippen LogP contribution is 2.17. The Hall–Kier alpha value is -1.42. The molecule has 1 amide bonds. The van der Waals surface area contributed by atoms with Crippen molar-refractivity contribution in [3.05, 3.63) is 30.1 Å². The quantitative estimate of drug-likeness (QED) is 0.811. The van der Waals surface area contributed by atoms with E-state index in [1.807, 2.05) is 6.92 Å². The maximum atomic E-state index is 13.2. The Bertz CT molecular complexity index is 382. The predicted octanol–water partition coefficient (Wildman–Crippen LogP) is 2.70. The molecule has 1 aromatic rings. The number of halogens is 1. The fraction of sp³-hybridized carbons (Fsp3) is 0.500. The van der Waals surface area contributed by atoms with Crippen molar-refractivity contribution in [2.75, 3.05) is 18.0 Å². The molecule has 0 aliphatic heterocycles. The van der Waals surface area contributed by atoms with Crippen molar-refractivity contribution in [2.45, 2.75) is 32.6 Å². The zero-order chi connectivity index (χ0) is 13.4. The van der Waals surface area contributed by atoms with Gasteiger partial charge in [0.25, 0.3) is 0 Å². The number of carbonyl (C=O) groups excluding carboxylic acids is 1. The van der Waals surface area contributed by atoms with Crippen LogP contribution < -0.4 is 10.6 Å². The minimum Gasteiger partial charge on any atom is -0.330 e. The summed E-state index contributed by atoms with van der Waals surface area (Å²) in [4.78, 5) is 13.7. The molecule has 0 spiro atoms. The highest BCUT2D eigenvalue weighted by molar-refractivity contribution is 5.93. The average Bonchev–Trinajstić information content (AvgIpc) is 2.37. The fourth-order valence-electron chi connectivity index (χ4n) is 1.75. The highest BCUT2D eigenvalue weighted by atomic mass is 19.1. The molecule has 4 heteroatoms. The third-order valence-electron chi connectivity index (χ3n) is 2.75. The van der Waals surface area contributed by atoms with E-state index in [2.05, 4.69) is 0 Å². The number of nitrogens with zero attached hydrogens (tertiary/aromatic N) is 1. The van der Waals surface area contributed by atoms with Gasteiger partial charge >= 0.3 is 0 Å².